The standard InChI is InChI=1S/C19H18ClN3O5S.C16H20N2.Na/c1-8-11(12(22-28-8)9-6-4-5-7-10(9)20)15(24)21-13-16(25)23-14(18(26)27)19(2,3)29-17(13)23;1-3-7-15(8-4-1)13-17-11-12-18-14-16-9-5-2-6-10-16;/h4-7,13-14,17H,1-3H3,(H,21,24)(H,26,27);1-10,17-18H,11-14H2;/q;;+1/p-1/t13-,14-,17-;;/m1../s1. The number of halogens is 1. The van der Waals surface area contributed by atoms with Gasteiger partial charge in [-0.1, -0.05) is 95.6 Å². The largest absolute Gasteiger partial charge is 1.00 e. The number of rotatable bonds is 11. The number of carboxylic acid groups (broad SMARTS) is 1. The van der Waals surface area contributed by atoms with Crippen molar-refractivity contribution >= 4 is 41.1 Å². The smallest absolute Gasteiger partial charge is 0.548 e. The SMILES string of the molecule is Cc1onc(-c2ccccc2Cl)c1C(=O)N[C@@H]1C(=O)N2[C@@H]1SC(C)(C)[C@H]2C(=O)[O-].[Na+].c1ccc(CNCCNCc2ccccc2)cc1. The number of nitrogens with one attached hydrogen (secondary N) is 3. The molecule has 3 N–H and O–H groups in total. The van der Waals surface area contributed by atoms with Crippen LogP contribution in [-0.4, -0.2) is 63.1 Å². The minimum atomic E-state index is -1.31. The molecule has 2 saturated heterocycles. The average Bonchev–Trinajstić information content (AvgIpc) is 3.57. The Morgan fingerprint density at radius 2 is 1.48 bits per heavy atom. The van der Waals surface area contributed by atoms with Gasteiger partial charge >= 0.3 is 29.6 Å². The molecule has 0 bridgehead atoms. The van der Waals surface area contributed by atoms with Gasteiger partial charge in [-0.25, -0.2) is 0 Å². The second-order valence-corrected chi connectivity index (χ2v) is 14.0. The number of fused-ring (bicyclic) bond motifs is 1. The van der Waals surface area contributed by atoms with E-state index >= 15 is 0 Å². The number of β-lactam (4-membered cyclic amide) rings is 1. The number of hydrogen-bond acceptors (Lipinski definition) is 9. The van der Waals surface area contributed by atoms with Crippen molar-refractivity contribution in [3.05, 3.63) is 112 Å². The normalized spacial score (nSPS) is 18.9. The molecule has 3 atom stereocenters. The summed E-state index contributed by atoms with van der Waals surface area (Å²) >= 11 is 7.54. The zero-order chi connectivity index (χ0) is 33.6. The second kappa shape index (κ2) is 17.0. The van der Waals surface area contributed by atoms with Crippen LogP contribution in [0.2, 0.25) is 5.02 Å². The molecule has 10 nitrogen and oxygen atoms in total. The van der Waals surface area contributed by atoms with Crippen molar-refractivity contribution in [3.63, 3.8) is 0 Å². The fourth-order valence-electron chi connectivity index (χ4n) is 5.65. The zero-order valence-corrected chi connectivity index (χ0v) is 30.9. The van der Waals surface area contributed by atoms with Crippen molar-refractivity contribution in [1.82, 2.24) is 26.0 Å². The number of thioether (sulfide) groups is 1. The van der Waals surface area contributed by atoms with Crippen LogP contribution in [0.5, 0.6) is 0 Å². The summed E-state index contributed by atoms with van der Waals surface area (Å²) in [6.45, 7) is 8.92. The molecule has 48 heavy (non-hydrogen) atoms. The van der Waals surface area contributed by atoms with E-state index in [9.17, 15) is 19.5 Å². The molecule has 2 aliphatic heterocycles. The van der Waals surface area contributed by atoms with Crippen LogP contribution >= 0.6 is 23.4 Å². The molecule has 0 radical (unpaired) electrons. The summed E-state index contributed by atoms with van der Waals surface area (Å²) in [7, 11) is 0. The number of carbonyl (C=O) groups is 3. The Hall–Kier alpha value is -3.16. The van der Waals surface area contributed by atoms with E-state index in [1.165, 1.54) is 27.8 Å². The van der Waals surface area contributed by atoms with E-state index in [2.05, 4.69) is 69.6 Å². The molecule has 3 heterocycles. The van der Waals surface area contributed by atoms with Crippen LogP contribution in [-0.2, 0) is 22.7 Å². The summed E-state index contributed by atoms with van der Waals surface area (Å²) in [4.78, 5) is 38.3. The van der Waals surface area contributed by atoms with Crippen molar-refractivity contribution < 1.29 is 53.6 Å². The summed E-state index contributed by atoms with van der Waals surface area (Å²) in [5, 5.41) is 24.9. The number of aromatic nitrogens is 1. The number of nitrogens with zero attached hydrogens (tertiary/aromatic N) is 2. The van der Waals surface area contributed by atoms with Gasteiger partial charge in [-0.05, 0) is 38.0 Å². The predicted molar refractivity (Wildman–Crippen MR) is 180 cm³/mol. The molecule has 6 rings (SSSR count). The second-order valence-electron chi connectivity index (χ2n) is 11.8. The Bertz CT molecular complexity index is 1660. The Labute approximate surface area is 311 Å². The van der Waals surface area contributed by atoms with E-state index in [0.717, 1.165) is 26.2 Å². The molecule has 13 heteroatoms. The van der Waals surface area contributed by atoms with E-state index in [0.29, 0.717) is 10.6 Å². The van der Waals surface area contributed by atoms with Gasteiger partial charge in [0.1, 0.15) is 28.4 Å². The molecule has 0 unspecified atom stereocenters. The van der Waals surface area contributed by atoms with E-state index in [4.69, 9.17) is 16.1 Å². The zero-order valence-electron chi connectivity index (χ0n) is 27.4. The summed E-state index contributed by atoms with van der Waals surface area (Å²) in [5.74, 6) is -2.01. The van der Waals surface area contributed by atoms with Crippen molar-refractivity contribution in [1.29, 1.82) is 0 Å². The molecule has 2 amide bonds. The van der Waals surface area contributed by atoms with Crippen LogP contribution in [0.4, 0.5) is 0 Å². The molecule has 1 aromatic heterocycles. The fraction of sp³-hybridized carbons (Fsp3) is 0.314. The third kappa shape index (κ3) is 8.70. The van der Waals surface area contributed by atoms with Crippen LogP contribution in [0.3, 0.4) is 0 Å². The molecule has 0 aliphatic carbocycles. The number of hydrogen-bond donors (Lipinski definition) is 3. The van der Waals surface area contributed by atoms with Crippen LogP contribution in [0.1, 0.15) is 41.1 Å². The number of aliphatic carboxylic acids is 1. The summed E-state index contributed by atoms with van der Waals surface area (Å²) < 4.78 is 4.47. The summed E-state index contributed by atoms with van der Waals surface area (Å²) in [5.41, 5.74) is 3.66. The molecule has 2 fully saturated rings. The molecule has 2 aliphatic rings. The van der Waals surface area contributed by atoms with Gasteiger partial charge in [0.25, 0.3) is 5.91 Å². The molecular formula is C35H37ClN5NaO5S. The van der Waals surface area contributed by atoms with Gasteiger partial charge in [-0.2, -0.15) is 0 Å². The van der Waals surface area contributed by atoms with Crippen molar-refractivity contribution in [2.75, 3.05) is 13.1 Å². The van der Waals surface area contributed by atoms with E-state index in [1.807, 2.05) is 12.1 Å². The van der Waals surface area contributed by atoms with Crippen LogP contribution in [0.25, 0.3) is 11.3 Å². The Balaban J connectivity index is 0.000000236. The number of aryl methyl sites for hydroxylation is 1. The summed E-state index contributed by atoms with van der Waals surface area (Å²) in [6.07, 6.45) is 0. The monoisotopic (exact) mass is 697 g/mol. The third-order valence-electron chi connectivity index (χ3n) is 7.99. The first-order valence-electron chi connectivity index (χ1n) is 15.3. The maximum absolute atomic E-state index is 13.0. The molecule has 4 aromatic rings. The first kappa shape index (κ1) is 37.7. The number of benzene rings is 3. The Kier molecular flexibility index (Phi) is 13.3. The van der Waals surface area contributed by atoms with Gasteiger partial charge in [0.2, 0.25) is 5.91 Å². The van der Waals surface area contributed by atoms with Gasteiger partial charge in [0, 0.05) is 36.5 Å². The van der Waals surface area contributed by atoms with E-state index < -0.39 is 40.0 Å². The third-order valence-corrected chi connectivity index (χ3v) is 9.89. The van der Waals surface area contributed by atoms with Gasteiger partial charge < -0.3 is 35.3 Å². The molecule has 0 spiro atoms. The maximum Gasteiger partial charge on any atom is 1.00 e. The van der Waals surface area contributed by atoms with Gasteiger partial charge in [0.05, 0.1) is 17.0 Å². The first-order chi connectivity index (χ1) is 22.6. The topological polar surface area (TPSA) is 140 Å². The van der Waals surface area contributed by atoms with Crippen molar-refractivity contribution in [3.8, 4) is 11.3 Å². The van der Waals surface area contributed by atoms with Crippen LogP contribution in [0.15, 0.2) is 89.5 Å². The van der Waals surface area contributed by atoms with E-state index in [-0.39, 0.29) is 46.6 Å². The Morgan fingerprint density at radius 3 is 2.02 bits per heavy atom. The molecule has 246 valence electrons. The quantitative estimate of drug-likeness (QED) is 0.118. The number of carbonyl (C=O) groups excluding carboxylic acids is 3. The van der Waals surface area contributed by atoms with Gasteiger partial charge in [0.15, 0.2) is 0 Å². The van der Waals surface area contributed by atoms with Crippen LogP contribution < -0.4 is 50.6 Å². The van der Waals surface area contributed by atoms with Gasteiger partial charge in [-0.3, -0.25) is 9.59 Å². The number of amides is 2. The fourth-order valence-corrected chi connectivity index (χ4v) is 7.50. The van der Waals surface area contributed by atoms with E-state index in [1.54, 1.807) is 45.0 Å². The molecule has 3 aromatic carbocycles. The predicted octanol–water partition coefficient (Wildman–Crippen LogP) is 0.784. The molecular weight excluding hydrogens is 661 g/mol. The molecule has 0 saturated carbocycles. The van der Waals surface area contributed by atoms with Crippen LogP contribution in [0, 0.1) is 6.92 Å². The number of carboxylic acids is 1. The average molecular weight is 698 g/mol. The first-order valence-corrected chi connectivity index (χ1v) is 16.6. The van der Waals surface area contributed by atoms with Gasteiger partial charge in [-0.15, -0.1) is 11.8 Å². The minimum Gasteiger partial charge on any atom is -0.548 e. The van der Waals surface area contributed by atoms with Crippen molar-refractivity contribution in [2.45, 2.75) is 56.1 Å². The Morgan fingerprint density at radius 1 is 0.938 bits per heavy atom. The summed E-state index contributed by atoms with van der Waals surface area (Å²) in [6, 6.07) is 26.0. The maximum atomic E-state index is 13.0. The minimum absolute atomic E-state index is 0. The van der Waals surface area contributed by atoms with Crippen molar-refractivity contribution in [2.24, 2.45) is 0 Å².